The van der Waals surface area contributed by atoms with E-state index in [0.29, 0.717) is 0 Å². The first-order chi connectivity index (χ1) is 10.9. The molecule has 0 amide bonds. The first kappa shape index (κ1) is 15.4. The lowest BCUT2D eigenvalue weighted by atomic mass is 9.86. The smallest absolute Gasteiger partial charge is 0.131 e. The molecular weight excluding hydrogens is 288 g/mol. The van der Waals surface area contributed by atoms with Crippen LogP contribution in [0.2, 0.25) is 0 Å². The van der Waals surface area contributed by atoms with E-state index in [1.807, 2.05) is 48.5 Å². The predicted octanol–water partition coefficient (Wildman–Crippen LogP) is 3.13. The molecule has 0 aromatic carbocycles. The van der Waals surface area contributed by atoms with Gasteiger partial charge in [-0.25, -0.2) is 9.67 Å². The number of imidazole rings is 1. The summed E-state index contributed by atoms with van der Waals surface area (Å²) in [5, 5.41) is 8.68. The number of rotatable bonds is 4. The van der Waals surface area contributed by atoms with E-state index in [1.165, 1.54) is 0 Å². The molecule has 0 fully saturated rings. The molecular formula is C17H22N6. The summed E-state index contributed by atoms with van der Waals surface area (Å²) in [6.07, 6.45) is 7.58. The standard InChI is InChI=1S/C17H22N6/c1-13-6-5-7-14(19-13)15-10-23(21-20-15)16(17(2,3)4)11-22-9-8-18-12-22/h5-10,12,16H,11H2,1-4H3. The zero-order valence-corrected chi connectivity index (χ0v) is 14.0. The van der Waals surface area contributed by atoms with Crippen molar-refractivity contribution >= 4 is 0 Å². The molecule has 3 aromatic heterocycles. The van der Waals surface area contributed by atoms with Crippen LogP contribution in [0.4, 0.5) is 0 Å². The minimum absolute atomic E-state index is 0.0370. The molecule has 120 valence electrons. The molecule has 0 aliphatic rings. The zero-order chi connectivity index (χ0) is 16.4. The van der Waals surface area contributed by atoms with Crippen LogP contribution in [0.5, 0.6) is 0 Å². The van der Waals surface area contributed by atoms with Crippen molar-refractivity contribution in [3.05, 3.63) is 48.8 Å². The lowest BCUT2D eigenvalue weighted by molar-refractivity contribution is 0.196. The van der Waals surface area contributed by atoms with Gasteiger partial charge in [0.1, 0.15) is 5.69 Å². The summed E-state index contributed by atoms with van der Waals surface area (Å²) in [6, 6.07) is 6.10. The molecule has 0 N–H and O–H groups in total. The second-order valence-electron chi connectivity index (χ2n) is 6.89. The van der Waals surface area contributed by atoms with E-state index >= 15 is 0 Å². The van der Waals surface area contributed by atoms with E-state index in [9.17, 15) is 0 Å². The molecule has 1 unspecified atom stereocenters. The second kappa shape index (κ2) is 5.95. The molecule has 3 rings (SSSR count). The van der Waals surface area contributed by atoms with Crippen LogP contribution in [-0.4, -0.2) is 29.5 Å². The molecule has 0 radical (unpaired) electrons. The molecule has 3 aromatic rings. The van der Waals surface area contributed by atoms with Gasteiger partial charge in [-0.3, -0.25) is 4.98 Å². The number of hydrogen-bond acceptors (Lipinski definition) is 4. The van der Waals surface area contributed by atoms with Crippen molar-refractivity contribution in [3.8, 4) is 11.4 Å². The second-order valence-corrected chi connectivity index (χ2v) is 6.89. The molecule has 0 saturated heterocycles. The average Bonchev–Trinajstić information content (AvgIpc) is 3.15. The highest BCUT2D eigenvalue weighted by atomic mass is 15.4. The summed E-state index contributed by atoms with van der Waals surface area (Å²) in [5.41, 5.74) is 2.66. The molecule has 1 atom stereocenters. The Morgan fingerprint density at radius 1 is 1.17 bits per heavy atom. The molecule has 6 heteroatoms. The van der Waals surface area contributed by atoms with E-state index in [2.05, 4.69) is 45.6 Å². The Morgan fingerprint density at radius 3 is 2.65 bits per heavy atom. The van der Waals surface area contributed by atoms with Gasteiger partial charge in [-0.1, -0.05) is 32.1 Å². The highest BCUT2D eigenvalue weighted by Gasteiger charge is 2.28. The van der Waals surface area contributed by atoms with E-state index in [-0.39, 0.29) is 11.5 Å². The van der Waals surface area contributed by atoms with Crippen LogP contribution in [0.1, 0.15) is 32.5 Å². The Morgan fingerprint density at radius 2 is 2.00 bits per heavy atom. The minimum atomic E-state index is 0.0370. The van der Waals surface area contributed by atoms with E-state index in [0.717, 1.165) is 23.6 Å². The van der Waals surface area contributed by atoms with Crippen molar-refractivity contribution < 1.29 is 0 Å². The molecule has 6 nitrogen and oxygen atoms in total. The van der Waals surface area contributed by atoms with Gasteiger partial charge in [0, 0.05) is 24.6 Å². The van der Waals surface area contributed by atoms with Gasteiger partial charge in [0.2, 0.25) is 0 Å². The quantitative estimate of drug-likeness (QED) is 0.743. The summed E-state index contributed by atoms with van der Waals surface area (Å²) in [5.74, 6) is 0. The molecule has 23 heavy (non-hydrogen) atoms. The van der Waals surface area contributed by atoms with E-state index in [1.54, 1.807) is 6.20 Å². The molecule has 0 bridgehead atoms. The fraction of sp³-hybridized carbons (Fsp3) is 0.412. The van der Waals surface area contributed by atoms with Crippen LogP contribution in [-0.2, 0) is 6.54 Å². The summed E-state index contributed by atoms with van der Waals surface area (Å²) in [6.45, 7) is 9.40. The maximum Gasteiger partial charge on any atom is 0.131 e. The topological polar surface area (TPSA) is 61.4 Å². The van der Waals surface area contributed by atoms with Crippen molar-refractivity contribution in [2.24, 2.45) is 5.41 Å². The van der Waals surface area contributed by atoms with Crippen LogP contribution in [0.25, 0.3) is 11.4 Å². The normalized spacial score (nSPS) is 13.2. The van der Waals surface area contributed by atoms with Crippen molar-refractivity contribution in [2.45, 2.75) is 40.3 Å². The van der Waals surface area contributed by atoms with Crippen molar-refractivity contribution in [3.63, 3.8) is 0 Å². The SMILES string of the molecule is Cc1cccc(-c2cn(C(Cn3ccnc3)C(C)(C)C)nn2)n1. The summed E-state index contributed by atoms with van der Waals surface area (Å²) in [4.78, 5) is 8.64. The van der Waals surface area contributed by atoms with Crippen molar-refractivity contribution in [2.75, 3.05) is 0 Å². The lowest BCUT2D eigenvalue weighted by Gasteiger charge is -2.30. The van der Waals surface area contributed by atoms with Crippen LogP contribution in [0.15, 0.2) is 43.1 Å². The lowest BCUT2D eigenvalue weighted by Crippen LogP contribution is -2.28. The number of hydrogen-bond donors (Lipinski definition) is 0. The number of aromatic nitrogens is 6. The van der Waals surface area contributed by atoms with Crippen LogP contribution in [0.3, 0.4) is 0 Å². The highest BCUT2D eigenvalue weighted by Crippen LogP contribution is 2.32. The zero-order valence-electron chi connectivity index (χ0n) is 14.0. The van der Waals surface area contributed by atoms with E-state index < -0.39 is 0 Å². The van der Waals surface area contributed by atoms with Gasteiger partial charge in [0.15, 0.2) is 0 Å². The molecule has 0 spiro atoms. The third kappa shape index (κ3) is 3.47. The highest BCUT2D eigenvalue weighted by molar-refractivity contribution is 5.52. The van der Waals surface area contributed by atoms with Crippen LogP contribution >= 0.6 is 0 Å². The Bertz CT molecular complexity index is 766. The minimum Gasteiger partial charge on any atom is -0.335 e. The third-order valence-electron chi connectivity index (χ3n) is 3.92. The van der Waals surface area contributed by atoms with Gasteiger partial charge in [0.05, 0.1) is 24.3 Å². The Balaban J connectivity index is 1.91. The maximum atomic E-state index is 4.52. The van der Waals surface area contributed by atoms with E-state index in [4.69, 9.17) is 0 Å². The van der Waals surface area contributed by atoms with Crippen molar-refractivity contribution in [1.82, 2.24) is 29.5 Å². The summed E-state index contributed by atoms with van der Waals surface area (Å²) in [7, 11) is 0. The Kier molecular flexibility index (Phi) is 3.98. The predicted molar refractivity (Wildman–Crippen MR) is 88.7 cm³/mol. The van der Waals surface area contributed by atoms with Crippen LogP contribution in [0, 0.1) is 12.3 Å². The first-order valence-electron chi connectivity index (χ1n) is 7.75. The van der Waals surface area contributed by atoms with Gasteiger partial charge in [-0.15, -0.1) is 5.10 Å². The average molecular weight is 310 g/mol. The van der Waals surface area contributed by atoms with Crippen LogP contribution < -0.4 is 0 Å². The third-order valence-corrected chi connectivity index (χ3v) is 3.92. The van der Waals surface area contributed by atoms with Gasteiger partial charge >= 0.3 is 0 Å². The summed E-state index contributed by atoms with van der Waals surface area (Å²) < 4.78 is 4.02. The monoisotopic (exact) mass is 310 g/mol. The number of pyridine rings is 1. The fourth-order valence-corrected chi connectivity index (χ4v) is 2.58. The Hall–Kier alpha value is -2.50. The first-order valence-corrected chi connectivity index (χ1v) is 7.75. The summed E-state index contributed by atoms with van der Waals surface area (Å²) >= 11 is 0. The Labute approximate surface area is 136 Å². The van der Waals surface area contributed by atoms with Gasteiger partial charge in [-0.05, 0) is 24.5 Å². The molecule has 0 aliphatic heterocycles. The van der Waals surface area contributed by atoms with Gasteiger partial charge in [0.25, 0.3) is 0 Å². The number of aryl methyl sites for hydroxylation is 1. The maximum absolute atomic E-state index is 4.52. The largest absolute Gasteiger partial charge is 0.335 e. The van der Waals surface area contributed by atoms with Gasteiger partial charge < -0.3 is 4.57 Å². The van der Waals surface area contributed by atoms with Crippen molar-refractivity contribution in [1.29, 1.82) is 0 Å². The number of nitrogens with zero attached hydrogens (tertiary/aromatic N) is 6. The fourth-order valence-electron chi connectivity index (χ4n) is 2.58. The van der Waals surface area contributed by atoms with Gasteiger partial charge in [-0.2, -0.15) is 0 Å². The molecule has 3 heterocycles. The molecule has 0 saturated carbocycles. The molecule has 0 aliphatic carbocycles.